The topological polar surface area (TPSA) is 12.0 Å². The van der Waals surface area contributed by atoms with Crippen LogP contribution < -0.4 is 5.32 Å². The van der Waals surface area contributed by atoms with E-state index in [4.69, 9.17) is 23.2 Å². The van der Waals surface area contributed by atoms with Crippen molar-refractivity contribution in [2.75, 3.05) is 7.05 Å². The van der Waals surface area contributed by atoms with E-state index in [0.29, 0.717) is 22.0 Å². The van der Waals surface area contributed by atoms with E-state index in [1.165, 1.54) is 12.1 Å². The number of benzene rings is 2. The molecule has 0 amide bonds. The SMILES string of the molecule is CNC(Cc1cc(F)cc(F)c1)c1cc(Cl)ccc1Cl. The third-order valence-electron chi connectivity index (χ3n) is 3.04. The van der Waals surface area contributed by atoms with Gasteiger partial charge in [0.15, 0.2) is 0 Å². The Hall–Kier alpha value is -1.16. The summed E-state index contributed by atoms with van der Waals surface area (Å²) < 4.78 is 26.4. The summed E-state index contributed by atoms with van der Waals surface area (Å²) in [5.74, 6) is -1.18. The van der Waals surface area contributed by atoms with Crippen molar-refractivity contribution in [3.8, 4) is 0 Å². The van der Waals surface area contributed by atoms with Crippen molar-refractivity contribution in [1.82, 2.24) is 5.32 Å². The van der Waals surface area contributed by atoms with Crippen molar-refractivity contribution in [2.24, 2.45) is 0 Å². The van der Waals surface area contributed by atoms with Crippen LogP contribution in [0.3, 0.4) is 0 Å². The van der Waals surface area contributed by atoms with Crippen molar-refractivity contribution in [3.05, 3.63) is 69.2 Å². The van der Waals surface area contributed by atoms with Gasteiger partial charge in [0.05, 0.1) is 0 Å². The normalized spacial score (nSPS) is 12.4. The minimum atomic E-state index is -0.591. The second kappa shape index (κ2) is 6.53. The van der Waals surface area contributed by atoms with E-state index < -0.39 is 11.6 Å². The zero-order chi connectivity index (χ0) is 14.7. The second-order valence-electron chi connectivity index (χ2n) is 4.49. The van der Waals surface area contributed by atoms with E-state index in [9.17, 15) is 8.78 Å². The molecule has 0 heterocycles. The molecule has 1 atom stereocenters. The van der Waals surface area contributed by atoms with Crippen LogP contribution in [0.1, 0.15) is 17.2 Å². The maximum absolute atomic E-state index is 13.2. The second-order valence-corrected chi connectivity index (χ2v) is 5.33. The van der Waals surface area contributed by atoms with Crippen LogP contribution in [0.15, 0.2) is 36.4 Å². The van der Waals surface area contributed by atoms with Gasteiger partial charge in [0, 0.05) is 22.2 Å². The molecule has 0 bridgehead atoms. The molecular formula is C15H13Cl2F2N. The number of likely N-dealkylation sites (N-methyl/N-ethyl adjacent to an activating group) is 1. The first kappa shape index (κ1) is 15.2. The van der Waals surface area contributed by atoms with E-state index in [0.717, 1.165) is 11.6 Å². The fraction of sp³-hybridized carbons (Fsp3) is 0.200. The van der Waals surface area contributed by atoms with Crippen LogP contribution in [0, 0.1) is 11.6 Å². The molecule has 0 aliphatic rings. The Morgan fingerprint density at radius 1 is 1.05 bits per heavy atom. The molecule has 1 unspecified atom stereocenters. The van der Waals surface area contributed by atoms with Crippen molar-refractivity contribution in [3.63, 3.8) is 0 Å². The van der Waals surface area contributed by atoms with Crippen molar-refractivity contribution in [1.29, 1.82) is 0 Å². The third-order valence-corrected chi connectivity index (χ3v) is 3.62. The van der Waals surface area contributed by atoms with Crippen LogP contribution in [-0.4, -0.2) is 7.05 Å². The molecule has 1 N–H and O–H groups in total. The maximum Gasteiger partial charge on any atom is 0.126 e. The molecule has 2 aromatic rings. The largest absolute Gasteiger partial charge is 0.313 e. The van der Waals surface area contributed by atoms with Crippen molar-refractivity contribution in [2.45, 2.75) is 12.5 Å². The highest BCUT2D eigenvalue weighted by Crippen LogP contribution is 2.28. The first-order valence-electron chi connectivity index (χ1n) is 6.07. The molecule has 0 saturated carbocycles. The fourth-order valence-electron chi connectivity index (χ4n) is 2.11. The number of halogens is 4. The summed E-state index contributed by atoms with van der Waals surface area (Å²) in [5.41, 5.74) is 1.35. The van der Waals surface area contributed by atoms with Crippen LogP contribution in [0.2, 0.25) is 10.0 Å². The van der Waals surface area contributed by atoms with E-state index in [1.54, 1.807) is 25.2 Å². The summed E-state index contributed by atoms with van der Waals surface area (Å²) in [6.45, 7) is 0. The van der Waals surface area contributed by atoms with Gasteiger partial charge in [0.25, 0.3) is 0 Å². The molecule has 2 aromatic carbocycles. The number of nitrogens with one attached hydrogen (secondary N) is 1. The lowest BCUT2D eigenvalue weighted by Gasteiger charge is -2.18. The summed E-state index contributed by atoms with van der Waals surface area (Å²) in [6.07, 6.45) is 0.408. The quantitative estimate of drug-likeness (QED) is 0.856. The molecule has 0 aromatic heterocycles. The Morgan fingerprint density at radius 2 is 1.70 bits per heavy atom. The zero-order valence-electron chi connectivity index (χ0n) is 10.8. The molecule has 0 aliphatic carbocycles. The lowest BCUT2D eigenvalue weighted by Crippen LogP contribution is -2.19. The average Bonchev–Trinajstić information content (AvgIpc) is 2.38. The Morgan fingerprint density at radius 3 is 2.30 bits per heavy atom. The van der Waals surface area contributed by atoms with Gasteiger partial charge in [-0.3, -0.25) is 0 Å². The minimum Gasteiger partial charge on any atom is -0.313 e. The molecule has 106 valence electrons. The van der Waals surface area contributed by atoms with Gasteiger partial charge in [0.2, 0.25) is 0 Å². The lowest BCUT2D eigenvalue weighted by atomic mass is 9.99. The van der Waals surface area contributed by atoms with E-state index >= 15 is 0 Å². The monoisotopic (exact) mass is 315 g/mol. The molecular weight excluding hydrogens is 303 g/mol. The van der Waals surface area contributed by atoms with E-state index in [-0.39, 0.29) is 6.04 Å². The first-order valence-corrected chi connectivity index (χ1v) is 6.82. The molecule has 0 spiro atoms. The van der Waals surface area contributed by atoms with Gasteiger partial charge >= 0.3 is 0 Å². The summed E-state index contributed by atoms with van der Waals surface area (Å²) in [5, 5.41) is 4.21. The van der Waals surface area contributed by atoms with Crippen molar-refractivity contribution < 1.29 is 8.78 Å². The van der Waals surface area contributed by atoms with Gasteiger partial charge in [-0.2, -0.15) is 0 Å². The van der Waals surface area contributed by atoms with E-state index in [2.05, 4.69) is 5.32 Å². The fourth-order valence-corrected chi connectivity index (χ4v) is 2.54. The summed E-state index contributed by atoms with van der Waals surface area (Å²) in [4.78, 5) is 0. The molecule has 0 saturated heterocycles. The molecule has 20 heavy (non-hydrogen) atoms. The third kappa shape index (κ3) is 3.69. The highest BCUT2D eigenvalue weighted by atomic mass is 35.5. The average molecular weight is 316 g/mol. The van der Waals surface area contributed by atoms with Gasteiger partial charge in [-0.1, -0.05) is 23.2 Å². The van der Waals surface area contributed by atoms with Gasteiger partial charge < -0.3 is 5.32 Å². The minimum absolute atomic E-state index is 0.178. The smallest absolute Gasteiger partial charge is 0.126 e. The Kier molecular flexibility index (Phi) is 4.97. The van der Waals surface area contributed by atoms with Crippen molar-refractivity contribution >= 4 is 23.2 Å². The Labute approximate surface area is 126 Å². The summed E-state index contributed by atoms with van der Waals surface area (Å²) in [7, 11) is 1.76. The van der Waals surface area contributed by atoms with Crippen LogP contribution in [0.25, 0.3) is 0 Å². The molecule has 2 rings (SSSR count). The number of rotatable bonds is 4. The zero-order valence-corrected chi connectivity index (χ0v) is 12.3. The predicted molar refractivity (Wildman–Crippen MR) is 78.3 cm³/mol. The first-order chi connectivity index (χ1) is 9.49. The van der Waals surface area contributed by atoms with E-state index in [1.807, 2.05) is 0 Å². The molecule has 5 heteroatoms. The highest BCUT2D eigenvalue weighted by Gasteiger charge is 2.15. The summed E-state index contributed by atoms with van der Waals surface area (Å²) in [6, 6.07) is 8.45. The van der Waals surface area contributed by atoms with Gasteiger partial charge in [0.1, 0.15) is 11.6 Å². The lowest BCUT2D eigenvalue weighted by molar-refractivity contribution is 0.562. The molecule has 0 fully saturated rings. The maximum atomic E-state index is 13.2. The van der Waals surface area contributed by atoms with Crippen LogP contribution in [-0.2, 0) is 6.42 Å². The Bertz CT molecular complexity index is 597. The van der Waals surface area contributed by atoms with Crippen LogP contribution in [0.4, 0.5) is 8.78 Å². The Balaban J connectivity index is 2.31. The standard InChI is InChI=1S/C15H13Cl2F2N/c1-20-15(13-7-10(16)2-3-14(13)17)6-9-4-11(18)8-12(19)5-9/h2-5,7-8,15,20H,6H2,1H3. The van der Waals surface area contributed by atoms with Crippen LogP contribution in [0.5, 0.6) is 0 Å². The summed E-state index contributed by atoms with van der Waals surface area (Å²) >= 11 is 12.1. The number of hydrogen-bond donors (Lipinski definition) is 1. The number of hydrogen-bond acceptors (Lipinski definition) is 1. The predicted octanol–water partition coefficient (Wildman–Crippen LogP) is 4.77. The van der Waals surface area contributed by atoms with Gasteiger partial charge in [-0.15, -0.1) is 0 Å². The molecule has 1 nitrogen and oxygen atoms in total. The molecule has 0 radical (unpaired) electrons. The van der Waals surface area contributed by atoms with Gasteiger partial charge in [-0.25, -0.2) is 8.78 Å². The molecule has 0 aliphatic heterocycles. The van der Waals surface area contributed by atoms with Crippen LogP contribution >= 0.6 is 23.2 Å². The van der Waals surface area contributed by atoms with Gasteiger partial charge in [-0.05, 0) is 54.9 Å². The highest BCUT2D eigenvalue weighted by molar-refractivity contribution is 6.33.